The third kappa shape index (κ3) is 5.07. The van der Waals surface area contributed by atoms with Crippen LogP contribution < -0.4 is 4.90 Å². The minimum Gasteiger partial charge on any atom is -0.435 e. The zero-order valence-electron chi connectivity index (χ0n) is 33.3. The monoisotopic (exact) mass is 769 g/mol. The molecule has 4 heteroatoms. The van der Waals surface area contributed by atoms with Crippen LogP contribution in [0.1, 0.15) is 25.0 Å². The van der Waals surface area contributed by atoms with Gasteiger partial charge in [-0.15, -0.1) is 0 Å². The number of fused-ring (bicyclic) bond motifs is 9. The van der Waals surface area contributed by atoms with Crippen molar-refractivity contribution >= 4 is 60.7 Å². The van der Waals surface area contributed by atoms with Crippen LogP contribution in [0.5, 0.6) is 0 Å². The molecule has 0 fully saturated rings. The maximum absolute atomic E-state index is 6.69. The van der Waals surface area contributed by atoms with E-state index in [2.05, 4.69) is 187 Å². The molecule has 0 amide bonds. The van der Waals surface area contributed by atoms with Gasteiger partial charge in [-0.2, -0.15) is 0 Å². The first-order chi connectivity index (χ1) is 29.5. The molecule has 60 heavy (non-hydrogen) atoms. The topological polar surface area (TPSA) is 34.2 Å². The van der Waals surface area contributed by atoms with Gasteiger partial charge in [0.05, 0.1) is 22.4 Å². The lowest BCUT2D eigenvalue weighted by Gasteiger charge is -2.33. The molecule has 0 saturated heterocycles. The highest BCUT2D eigenvalue weighted by Crippen LogP contribution is 2.55. The lowest BCUT2D eigenvalue weighted by atomic mass is 9.81. The Hall–Kier alpha value is -7.69. The first-order valence-electron chi connectivity index (χ1n) is 20.6. The molecule has 0 bridgehead atoms. The Kier molecular flexibility index (Phi) is 7.54. The number of aromatic nitrogens is 2. The van der Waals surface area contributed by atoms with Crippen LogP contribution in [0.15, 0.2) is 205 Å². The summed E-state index contributed by atoms with van der Waals surface area (Å²) in [7, 11) is 0. The number of hydrogen-bond acceptors (Lipinski definition) is 3. The van der Waals surface area contributed by atoms with E-state index >= 15 is 0 Å². The number of oxazole rings is 1. The highest BCUT2D eigenvalue weighted by molar-refractivity contribution is 6.22. The maximum atomic E-state index is 6.69. The van der Waals surface area contributed by atoms with Crippen molar-refractivity contribution in [2.75, 3.05) is 4.90 Å². The molecule has 0 radical (unpaired) electrons. The summed E-state index contributed by atoms with van der Waals surface area (Å²) in [4.78, 5) is 7.47. The van der Waals surface area contributed by atoms with Gasteiger partial charge in [0.15, 0.2) is 5.58 Å². The summed E-state index contributed by atoms with van der Waals surface area (Å²) in [5.74, 6) is 0.611. The molecule has 1 aliphatic rings. The van der Waals surface area contributed by atoms with E-state index in [-0.39, 0.29) is 5.41 Å². The smallest absolute Gasteiger partial charge is 0.227 e. The van der Waals surface area contributed by atoms with Crippen molar-refractivity contribution in [2.24, 2.45) is 0 Å². The van der Waals surface area contributed by atoms with Gasteiger partial charge in [-0.3, -0.25) is 0 Å². The quantitative estimate of drug-likeness (QED) is 0.169. The third-order valence-corrected chi connectivity index (χ3v) is 12.6. The molecule has 0 saturated carbocycles. The molecule has 0 spiro atoms. The lowest BCUT2D eigenvalue weighted by molar-refractivity contribution is 0.621. The van der Waals surface area contributed by atoms with Crippen molar-refractivity contribution in [3.8, 4) is 39.4 Å². The Morgan fingerprint density at radius 1 is 0.517 bits per heavy atom. The predicted octanol–water partition coefficient (Wildman–Crippen LogP) is 15.2. The van der Waals surface area contributed by atoms with E-state index in [4.69, 9.17) is 9.40 Å². The van der Waals surface area contributed by atoms with E-state index in [1.54, 1.807) is 0 Å². The van der Waals surface area contributed by atoms with Crippen LogP contribution in [0.25, 0.3) is 83.1 Å². The predicted molar refractivity (Wildman–Crippen MR) is 249 cm³/mol. The first kappa shape index (κ1) is 34.4. The number of benzene rings is 9. The molecule has 0 aliphatic heterocycles. The second-order valence-corrected chi connectivity index (χ2v) is 16.3. The largest absolute Gasteiger partial charge is 0.435 e. The number of nitrogens with zero attached hydrogens (tertiary/aromatic N) is 3. The van der Waals surface area contributed by atoms with Crippen LogP contribution in [-0.4, -0.2) is 9.55 Å². The molecule has 4 nitrogen and oxygen atoms in total. The van der Waals surface area contributed by atoms with E-state index in [1.165, 1.54) is 49.3 Å². The minimum atomic E-state index is -0.255. The molecular weight excluding hydrogens is 731 g/mol. The van der Waals surface area contributed by atoms with Gasteiger partial charge in [0.2, 0.25) is 5.89 Å². The van der Waals surface area contributed by atoms with Crippen LogP contribution in [0.4, 0.5) is 17.1 Å². The highest BCUT2D eigenvalue weighted by Gasteiger charge is 2.39. The number of rotatable bonds is 6. The van der Waals surface area contributed by atoms with Crippen molar-refractivity contribution in [3.05, 3.63) is 211 Å². The second kappa shape index (κ2) is 13.2. The van der Waals surface area contributed by atoms with Gasteiger partial charge in [0.1, 0.15) is 5.52 Å². The summed E-state index contributed by atoms with van der Waals surface area (Å²) < 4.78 is 9.11. The molecule has 0 unspecified atom stereocenters. The zero-order chi connectivity index (χ0) is 40.0. The van der Waals surface area contributed by atoms with Crippen molar-refractivity contribution in [1.82, 2.24) is 9.55 Å². The fraction of sp³-hybridized carbons (Fsp3) is 0.0536. The molecule has 0 atom stereocenters. The lowest BCUT2D eigenvalue weighted by Crippen LogP contribution is -2.21. The fourth-order valence-corrected chi connectivity index (χ4v) is 9.95. The fourth-order valence-electron chi connectivity index (χ4n) is 9.95. The molecular formula is C56H39N3O. The standard InChI is InChI=1S/C56H39N3O/c1-56(2)46-27-13-11-23-41(46)43-25-16-30-51(53(43)56)59(48-29-14-12-24-42(48)44-26-15-28-47-54(44)60-55(57-47)37-18-5-3-6-19-37)39-32-34-49-45(35-39)52-40-22-10-9-17-36(40)31-33-50(52)58(49)38-20-7-4-8-21-38/h3-35H,1-2H3. The summed E-state index contributed by atoms with van der Waals surface area (Å²) in [5.41, 5.74) is 16.3. The molecule has 2 heterocycles. The van der Waals surface area contributed by atoms with Gasteiger partial charge < -0.3 is 13.9 Å². The SMILES string of the molecule is CC1(C)c2ccccc2-c2cccc(N(c3ccc4c(c3)c3c5ccccc5ccc3n4-c3ccccc3)c3ccccc3-c3cccc4nc(-c5ccccc5)oc34)c21. The van der Waals surface area contributed by atoms with Crippen LogP contribution in [0.3, 0.4) is 0 Å². The van der Waals surface area contributed by atoms with E-state index in [1.807, 2.05) is 36.4 Å². The summed E-state index contributed by atoms with van der Waals surface area (Å²) >= 11 is 0. The summed E-state index contributed by atoms with van der Waals surface area (Å²) in [5, 5.41) is 4.90. The van der Waals surface area contributed by atoms with Crippen molar-refractivity contribution in [2.45, 2.75) is 19.3 Å². The van der Waals surface area contributed by atoms with E-state index in [9.17, 15) is 0 Å². The summed E-state index contributed by atoms with van der Waals surface area (Å²) in [6.45, 7) is 4.74. The Balaban J connectivity index is 1.16. The van der Waals surface area contributed by atoms with Crippen molar-refractivity contribution in [1.29, 1.82) is 0 Å². The van der Waals surface area contributed by atoms with Crippen LogP contribution in [-0.2, 0) is 5.41 Å². The third-order valence-electron chi connectivity index (χ3n) is 12.6. The normalized spacial score (nSPS) is 13.0. The van der Waals surface area contributed by atoms with Crippen molar-refractivity contribution < 1.29 is 4.42 Å². The van der Waals surface area contributed by atoms with E-state index in [0.717, 1.165) is 56.1 Å². The van der Waals surface area contributed by atoms with Crippen LogP contribution >= 0.6 is 0 Å². The van der Waals surface area contributed by atoms with Crippen LogP contribution in [0, 0.1) is 0 Å². The Bertz CT molecular complexity index is 3470. The molecule has 11 aromatic rings. The average Bonchev–Trinajstić information content (AvgIpc) is 3.96. The minimum absolute atomic E-state index is 0.255. The number of anilines is 3. The van der Waals surface area contributed by atoms with E-state index in [0.29, 0.717) is 5.89 Å². The van der Waals surface area contributed by atoms with Gasteiger partial charge >= 0.3 is 0 Å². The van der Waals surface area contributed by atoms with Crippen LogP contribution in [0.2, 0.25) is 0 Å². The second-order valence-electron chi connectivity index (χ2n) is 16.3. The molecule has 284 valence electrons. The van der Waals surface area contributed by atoms with E-state index < -0.39 is 0 Å². The first-order valence-corrected chi connectivity index (χ1v) is 20.6. The molecule has 0 N–H and O–H groups in total. The van der Waals surface area contributed by atoms with Gasteiger partial charge in [0.25, 0.3) is 0 Å². The number of hydrogen-bond donors (Lipinski definition) is 0. The van der Waals surface area contributed by atoms with Crippen molar-refractivity contribution in [3.63, 3.8) is 0 Å². The van der Waals surface area contributed by atoms with Gasteiger partial charge in [-0.1, -0.05) is 147 Å². The Morgan fingerprint density at radius 3 is 2.05 bits per heavy atom. The molecule has 2 aromatic heterocycles. The van der Waals surface area contributed by atoms with Gasteiger partial charge in [-0.05, 0) is 99.8 Å². The summed E-state index contributed by atoms with van der Waals surface area (Å²) in [6.07, 6.45) is 0. The van der Waals surface area contributed by atoms with Gasteiger partial charge in [-0.25, -0.2) is 4.98 Å². The number of para-hydroxylation sites is 3. The highest BCUT2D eigenvalue weighted by atomic mass is 16.3. The zero-order valence-corrected chi connectivity index (χ0v) is 33.3. The average molecular weight is 770 g/mol. The molecule has 12 rings (SSSR count). The maximum Gasteiger partial charge on any atom is 0.227 e. The molecule has 1 aliphatic carbocycles. The summed E-state index contributed by atoms with van der Waals surface area (Å²) in [6, 6.07) is 71.9. The van der Waals surface area contributed by atoms with Gasteiger partial charge in [0, 0.05) is 44.3 Å². The molecule has 9 aromatic carbocycles. The Morgan fingerprint density at radius 2 is 1.18 bits per heavy atom. The Labute approximate surface area is 348 Å².